The molecule has 2 aromatic heterocycles. The van der Waals surface area contributed by atoms with E-state index in [1.165, 1.54) is 0 Å². The van der Waals surface area contributed by atoms with E-state index < -0.39 is 0 Å². The van der Waals surface area contributed by atoms with Crippen molar-refractivity contribution in [3.63, 3.8) is 0 Å². The fraction of sp³-hybridized carbons (Fsp3) is 0. The Balaban J connectivity index is 2.95. The number of aromatic nitrogens is 3. The zero-order valence-corrected chi connectivity index (χ0v) is 4.65. The average molecular weight is 118 g/mol. The molecule has 2 rings (SSSR count). The summed E-state index contributed by atoms with van der Waals surface area (Å²) in [4.78, 5) is 0. The van der Waals surface area contributed by atoms with Crippen LogP contribution < -0.4 is 0 Å². The summed E-state index contributed by atoms with van der Waals surface area (Å²) < 4.78 is 1.85. The van der Waals surface area contributed by atoms with E-state index in [0.29, 0.717) is 0 Å². The second kappa shape index (κ2) is 1.55. The lowest BCUT2D eigenvalue weighted by molar-refractivity contribution is 0.944. The van der Waals surface area contributed by atoms with Crippen LogP contribution in [0, 0.1) is 6.20 Å². The predicted molar refractivity (Wildman–Crippen MR) is 31.8 cm³/mol. The van der Waals surface area contributed by atoms with Crippen LogP contribution in [0.3, 0.4) is 0 Å². The summed E-state index contributed by atoms with van der Waals surface area (Å²) in [6, 6.07) is 3.85. The largest absolute Gasteiger partial charge is 0.304 e. The monoisotopic (exact) mass is 118 g/mol. The number of hydrogen-bond acceptors (Lipinski definition) is 2. The minimum atomic E-state index is 0.949. The van der Waals surface area contributed by atoms with Gasteiger partial charge < -0.3 is 4.40 Å². The molecule has 3 nitrogen and oxygen atoms in total. The van der Waals surface area contributed by atoms with Gasteiger partial charge in [-0.05, 0) is 12.1 Å². The lowest BCUT2D eigenvalue weighted by Crippen LogP contribution is -1.85. The van der Waals surface area contributed by atoms with Gasteiger partial charge in [0, 0.05) is 6.20 Å². The molecule has 43 valence electrons. The number of fused-ring (bicyclic) bond motifs is 1. The van der Waals surface area contributed by atoms with Crippen molar-refractivity contribution in [1.29, 1.82) is 0 Å². The summed E-state index contributed by atoms with van der Waals surface area (Å²) in [6.45, 7) is 0. The van der Waals surface area contributed by atoms with Crippen molar-refractivity contribution < 1.29 is 0 Å². The van der Waals surface area contributed by atoms with Gasteiger partial charge in [0.15, 0.2) is 0 Å². The first-order valence-electron chi connectivity index (χ1n) is 2.63. The van der Waals surface area contributed by atoms with Gasteiger partial charge in [-0.25, -0.2) is 0 Å². The maximum absolute atomic E-state index is 3.64. The third kappa shape index (κ3) is 0.579. The number of nitrogens with zero attached hydrogens (tertiary/aromatic N) is 3. The second-order valence-electron chi connectivity index (χ2n) is 1.74. The van der Waals surface area contributed by atoms with Gasteiger partial charge >= 0.3 is 0 Å². The summed E-state index contributed by atoms with van der Waals surface area (Å²) in [5, 5.41) is 7.23. The highest BCUT2D eigenvalue weighted by Gasteiger charge is 1.87. The van der Waals surface area contributed by atoms with Crippen LogP contribution >= 0.6 is 0 Å². The van der Waals surface area contributed by atoms with Gasteiger partial charge in [0.1, 0.15) is 12.5 Å². The molecule has 1 radical (unpaired) electrons. The van der Waals surface area contributed by atoms with Crippen LogP contribution in [0.1, 0.15) is 0 Å². The van der Waals surface area contributed by atoms with Crippen molar-refractivity contribution in [2.75, 3.05) is 0 Å². The van der Waals surface area contributed by atoms with Crippen molar-refractivity contribution in [1.82, 2.24) is 14.6 Å². The molecule has 0 saturated carbocycles. The Morgan fingerprint density at radius 1 is 1.56 bits per heavy atom. The molecule has 2 aromatic rings. The van der Waals surface area contributed by atoms with E-state index in [4.69, 9.17) is 0 Å². The Bertz CT molecular complexity index is 282. The zero-order valence-electron chi connectivity index (χ0n) is 4.65. The third-order valence-electron chi connectivity index (χ3n) is 1.18. The summed E-state index contributed by atoms with van der Waals surface area (Å²) in [5.41, 5.74) is 0.949. The predicted octanol–water partition coefficient (Wildman–Crippen LogP) is 0.529. The summed E-state index contributed by atoms with van der Waals surface area (Å²) in [5.74, 6) is 0. The van der Waals surface area contributed by atoms with Gasteiger partial charge in [0.05, 0.1) is 5.52 Å². The minimum Gasteiger partial charge on any atom is -0.304 e. The molecule has 3 heteroatoms. The molecule has 0 amide bonds. The quantitative estimate of drug-likeness (QED) is 0.505. The van der Waals surface area contributed by atoms with E-state index in [2.05, 4.69) is 16.4 Å². The molecule has 0 spiro atoms. The molecule has 0 atom stereocenters. The van der Waals surface area contributed by atoms with E-state index in [-0.39, 0.29) is 0 Å². The van der Waals surface area contributed by atoms with Crippen LogP contribution in [0.4, 0.5) is 0 Å². The third-order valence-corrected chi connectivity index (χ3v) is 1.18. The highest BCUT2D eigenvalue weighted by molar-refractivity contribution is 5.42. The van der Waals surface area contributed by atoms with Gasteiger partial charge in [0.25, 0.3) is 0 Å². The minimum absolute atomic E-state index is 0.949. The molecule has 0 bridgehead atoms. The van der Waals surface area contributed by atoms with Crippen LogP contribution in [-0.2, 0) is 0 Å². The molecule has 9 heavy (non-hydrogen) atoms. The maximum Gasteiger partial charge on any atom is 0.139 e. The first kappa shape index (κ1) is 4.49. The topological polar surface area (TPSA) is 30.2 Å². The summed E-state index contributed by atoms with van der Waals surface area (Å²) in [6.07, 6.45) is 6.28. The van der Waals surface area contributed by atoms with E-state index >= 15 is 0 Å². The Morgan fingerprint density at radius 2 is 2.56 bits per heavy atom. The summed E-state index contributed by atoms with van der Waals surface area (Å²) >= 11 is 0. The second-order valence-corrected chi connectivity index (χ2v) is 1.74. The number of hydrogen-bond donors (Lipinski definition) is 0. The lowest BCUT2D eigenvalue weighted by Gasteiger charge is -1.85. The van der Waals surface area contributed by atoms with E-state index in [1.54, 1.807) is 6.33 Å². The standard InChI is InChI=1S/C6H4N3/c1-2-6-4-7-8-5-9(6)3-1/h1-3,5H. The van der Waals surface area contributed by atoms with Gasteiger partial charge in [-0.1, -0.05) is 0 Å². The smallest absolute Gasteiger partial charge is 0.139 e. The molecule has 0 N–H and O–H groups in total. The van der Waals surface area contributed by atoms with E-state index in [9.17, 15) is 0 Å². The van der Waals surface area contributed by atoms with Crippen LogP contribution in [0.15, 0.2) is 24.7 Å². The Hall–Kier alpha value is -1.38. The highest BCUT2D eigenvalue weighted by atomic mass is 15.1. The molecule has 0 saturated heterocycles. The average Bonchev–Trinajstić information content (AvgIpc) is 2.33. The van der Waals surface area contributed by atoms with Crippen LogP contribution in [0.2, 0.25) is 0 Å². The van der Waals surface area contributed by atoms with E-state index in [0.717, 1.165) is 5.52 Å². The molecule has 0 aliphatic carbocycles. The van der Waals surface area contributed by atoms with Crippen LogP contribution in [0.25, 0.3) is 5.52 Å². The molecule has 0 fully saturated rings. The van der Waals surface area contributed by atoms with Gasteiger partial charge in [0.2, 0.25) is 0 Å². The fourth-order valence-corrected chi connectivity index (χ4v) is 0.751. The molecule has 0 unspecified atom stereocenters. The van der Waals surface area contributed by atoms with Gasteiger partial charge in [-0.15, -0.1) is 10.2 Å². The maximum atomic E-state index is 3.64. The summed E-state index contributed by atoms with van der Waals surface area (Å²) in [7, 11) is 0. The first-order chi connectivity index (χ1) is 4.47. The van der Waals surface area contributed by atoms with E-state index in [1.807, 2.05) is 22.7 Å². The Kier molecular flexibility index (Phi) is 0.773. The molecule has 0 aliphatic rings. The molecular weight excluding hydrogens is 114 g/mol. The van der Waals surface area contributed by atoms with Crippen molar-refractivity contribution in [2.45, 2.75) is 0 Å². The molecule has 2 heterocycles. The first-order valence-corrected chi connectivity index (χ1v) is 2.63. The SMILES string of the molecule is [c]1nncn2cccc12. The zero-order chi connectivity index (χ0) is 6.10. The van der Waals surface area contributed by atoms with Crippen molar-refractivity contribution in [3.05, 3.63) is 30.9 Å². The molecule has 0 aromatic carbocycles. The van der Waals surface area contributed by atoms with Crippen LogP contribution in [0.5, 0.6) is 0 Å². The number of rotatable bonds is 0. The Labute approximate surface area is 52.0 Å². The lowest BCUT2D eigenvalue weighted by atomic mass is 10.5. The highest BCUT2D eigenvalue weighted by Crippen LogP contribution is 1.96. The van der Waals surface area contributed by atoms with Crippen molar-refractivity contribution >= 4 is 5.52 Å². The Morgan fingerprint density at radius 3 is 3.44 bits per heavy atom. The van der Waals surface area contributed by atoms with Crippen molar-refractivity contribution in [2.24, 2.45) is 0 Å². The molecule has 0 aliphatic heterocycles. The van der Waals surface area contributed by atoms with Gasteiger partial charge in [-0.3, -0.25) is 0 Å². The fourth-order valence-electron chi connectivity index (χ4n) is 0.751. The molecular formula is C6H4N3. The normalized spacial score (nSPS) is 10.2. The van der Waals surface area contributed by atoms with Crippen LogP contribution in [-0.4, -0.2) is 14.6 Å². The van der Waals surface area contributed by atoms with Crippen molar-refractivity contribution in [3.8, 4) is 0 Å². The van der Waals surface area contributed by atoms with Gasteiger partial charge in [-0.2, -0.15) is 0 Å².